The number of thioether (sulfide) groups is 1. The third-order valence-corrected chi connectivity index (χ3v) is 4.96. The second-order valence-corrected chi connectivity index (χ2v) is 6.58. The van der Waals surface area contributed by atoms with Crippen LogP contribution in [0.15, 0.2) is 70.7 Å². The van der Waals surface area contributed by atoms with Gasteiger partial charge in [-0.15, -0.1) is 11.8 Å². The number of rotatable bonds is 5. The van der Waals surface area contributed by atoms with Crippen molar-refractivity contribution in [1.29, 1.82) is 0 Å². The quantitative estimate of drug-likeness (QED) is 0.414. The van der Waals surface area contributed by atoms with Crippen molar-refractivity contribution in [3.05, 3.63) is 71.8 Å². The van der Waals surface area contributed by atoms with Gasteiger partial charge >= 0.3 is 0 Å². The van der Waals surface area contributed by atoms with Crippen molar-refractivity contribution in [2.75, 3.05) is 5.75 Å². The summed E-state index contributed by atoms with van der Waals surface area (Å²) in [6, 6.07) is 19.1. The zero-order chi connectivity index (χ0) is 17.6. The summed E-state index contributed by atoms with van der Waals surface area (Å²) in [7, 11) is 0. The predicted octanol–water partition coefficient (Wildman–Crippen LogP) is 4.10. The number of fused-ring (bicyclic) bond motifs is 1. The molecule has 0 saturated heterocycles. The minimum absolute atomic E-state index is 0.131. The van der Waals surface area contributed by atoms with E-state index in [-0.39, 0.29) is 17.4 Å². The highest BCUT2D eigenvalue weighted by Gasteiger charge is 2.06. The molecule has 3 aromatic rings. The second kappa shape index (κ2) is 7.85. The molecule has 0 heterocycles. The molecule has 0 fully saturated rings. The fourth-order valence-corrected chi connectivity index (χ4v) is 3.30. The Balaban J connectivity index is 1.64. The van der Waals surface area contributed by atoms with Gasteiger partial charge in [-0.2, -0.15) is 5.10 Å². The lowest BCUT2D eigenvalue weighted by Gasteiger charge is -2.05. The molecule has 3 aromatic carbocycles. The van der Waals surface area contributed by atoms with Crippen LogP contribution in [0.25, 0.3) is 10.8 Å². The number of phenols is 1. The number of amides is 1. The molecule has 126 valence electrons. The van der Waals surface area contributed by atoms with Crippen LogP contribution in [0.5, 0.6) is 5.75 Å². The SMILES string of the molecule is Cc1ccccc1SCC(=O)NN=Cc1c(O)ccc2ccccc12. The van der Waals surface area contributed by atoms with Gasteiger partial charge in [0.05, 0.1) is 12.0 Å². The molecule has 0 aromatic heterocycles. The van der Waals surface area contributed by atoms with Gasteiger partial charge in [0.2, 0.25) is 5.91 Å². The van der Waals surface area contributed by atoms with Gasteiger partial charge in [0, 0.05) is 10.5 Å². The zero-order valence-electron chi connectivity index (χ0n) is 13.8. The fraction of sp³-hybridized carbons (Fsp3) is 0.100. The Kier molecular flexibility index (Phi) is 5.36. The Morgan fingerprint density at radius 3 is 2.72 bits per heavy atom. The molecule has 25 heavy (non-hydrogen) atoms. The number of benzene rings is 3. The molecule has 2 N–H and O–H groups in total. The molecule has 0 aliphatic rings. The summed E-state index contributed by atoms with van der Waals surface area (Å²) in [5.41, 5.74) is 4.24. The predicted molar refractivity (Wildman–Crippen MR) is 103 cm³/mol. The Labute approximate surface area is 150 Å². The molecular formula is C20H18N2O2S. The van der Waals surface area contributed by atoms with Crippen LogP contribution in [-0.2, 0) is 4.79 Å². The molecule has 3 rings (SSSR count). The average Bonchev–Trinajstić information content (AvgIpc) is 2.63. The van der Waals surface area contributed by atoms with E-state index < -0.39 is 0 Å². The number of hydrogen-bond acceptors (Lipinski definition) is 4. The standard InChI is InChI=1S/C20H18N2O2S/c1-14-6-2-5-9-19(14)25-13-20(24)22-21-12-17-16-8-4-3-7-15(16)10-11-18(17)23/h2-12,23H,13H2,1H3,(H,22,24). The van der Waals surface area contributed by atoms with Crippen molar-refractivity contribution in [2.24, 2.45) is 5.10 Å². The second-order valence-electron chi connectivity index (χ2n) is 5.57. The van der Waals surface area contributed by atoms with Crippen molar-refractivity contribution in [3.8, 4) is 5.75 Å². The molecule has 0 atom stereocenters. The zero-order valence-corrected chi connectivity index (χ0v) is 14.6. The Morgan fingerprint density at radius 1 is 1.12 bits per heavy atom. The molecule has 0 unspecified atom stereocenters. The molecule has 0 bridgehead atoms. The summed E-state index contributed by atoms with van der Waals surface area (Å²) in [4.78, 5) is 13.0. The Morgan fingerprint density at radius 2 is 1.88 bits per heavy atom. The summed E-state index contributed by atoms with van der Waals surface area (Å²) in [5, 5.41) is 15.9. The van der Waals surface area contributed by atoms with Gasteiger partial charge in [0.15, 0.2) is 0 Å². The van der Waals surface area contributed by atoms with Gasteiger partial charge in [0.1, 0.15) is 5.75 Å². The number of phenolic OH excluding ortho intramolecular Hbond substituents is 1. The van der Waals surface area contributed by atoms with Crippen molar-refractivity contribution >= 4 is 34.7 Å². The van der Waals surface area contributed by atoms with Crippen LogP contribution in [-0.4, -0.2) is 23.0 Å². The molecular weight excluding hydrogens is 332 g/mol. The first-order valence-corrected chi connectivity index (χ1v) is 8.85. The van der Waals surface area contributed by atoms with Crippen LogP contribution in [0.3, 0.4) is 0 Å². The van der Waals surface area contributed by atoms with E-state index in [0.29, 0.717) is 5.56 Å². The number of aryl methyl sites for hydroxylation is 1. The molecule has 0 aliphatic heterocycles. The maximum atomic E-state index is 12.0. The van der Waals surface area contributed by atoms with E-state index in [1.54, 1.807) is 6.07 Å². The van der Waals surface area contributed by atoms with Gasteiger partial charge in [-0.3, -0.25) is 4.79 Å². The van der Waals surface area contributed by atoms with Crippen LogP contribution in [0.4, 0.5) is 0 Å². The number of nitrogens with zero attached hydrogens (tertiary/aromatic N) is 1. The van der Waals surface area contributed by atoms with Crippen molar-refractivity contribution in [3.63, 3.8) is 0 Å². The number of nitrogens with one attached hydrogen (secondary N) is 1. The highest BCUT2D eigenvalue weighted by atomic mass is 32.2. The molecule has 0 aliphatic carbocycles. The van der Waals surface area contributed by atoms with Gasteiger partial charge in [-0.25, -0.2) is 5.43 Å². The average molecular weight is 350 g/mol. The van der Waals surface area contributed by atoms with Crippen LogP contribution < -0.4 is 5.43 Å². The molecule has 4 nitrogen and oxygen atoms in total. The fourth-order valence-electron chi connectivity index (χ4n) is 2.48. The maximum Gasteiger partial charge on any atom is 0.250 e. The van der Waals surface area contributed by atoms with E-state index in [2.05, 4.69) is 10.5 Å². The maximum absolute atomic E-state index is 12.0. The van der Waals surface area contributed by atoms with Gasteiger partial charge in [-0.1, -0.05) is 48.5 Å². The van der Waals surface area contributed by atoms with Crippen molar-refractivity contribution in [2.45, 2.75) is 11.8 Å². The molecule has 0 spiro atoms. The monoisotopic (exact) mass is 350 g/mol. The van der Waals surface area contributed by atoms with E-state index in [4.69, 9.17) is 0 Å². The minimum Gasteiger partial charge on any atom is -0.507 e. The van der Waals surface area contributed by atoms with E-state index in [1.165, 1.54) is 18.0 Å². The van der Waals surface area contributed by atoms with E-state index in [0.717, 1.165) is 21.2 Å². The molecule has 0 saturated carbocycles. The van der Waals surface area contributed by atoms with E-state index in [9.17, 15) is 9.90 Å². The number of carbonyl (C=O) groups excluding carboxylic acids is 1. The molecule has 1 amide bonds. The summed E-state index contributed by atoms with van der Waals surface area (Å²) < 4.78 is 0. The topological polar surface area (TPSA) is 61.7 Å². The van der Waals surface area contributed by atoms with Gasteiger partial charge in [-0.05, 0) is 35.4 Å². The number of carbonyl (C=O) groups is 1. The lowest BCUT2D eigenvalue weighted by molar-refractivity contribution is -0.118. The Hall–Kier alpha value is -2.79. The highest BCUT2D eigenvalue weighted by molar-refractivity contribution is 8.00. The van der Waals surface area contributed by atoms with Crippen LogP contribution in [0.1, 0.15) is 11.1 Å². The third-order valence-electron chi connectivity index (χ3n) is 3.78. The Bertz CT molecular complexity index is 938. The first kappa shape index (κ1) is 17.0. The third kappa shape index (κ3) is 4.19. The van der Waals surface area contributed by atoms with Crippen LogP contribution in [0.2, 0.25) is 0 Å². The highest BCUT2D eigenvalue weighted by Crippen LogP contribution is 2.25. The van der Waals surface area contributed by atoms with Crippen molar-refractivity contribution in [1.82, 2.24) is 5.43 Å². The smallest absolute Gasteiger partial charge is 0.250 e. The number of aromatic hydroxyl groups is 1. The first-order valence-electron chi connectivity index (χ1n) is 7.86. The normalized spacial score (nSPS) is 11.1. The number of hydrogen-bond donors (Lipinski definition) is 2. The van der Waals surface area contributed by atoms with Gasteiger partial charge in [0.25, 0.3) is 0 Å². The number of hydrazone groups is 1. The lowest BCUT2D eigenvalue weighted by atomic mass is 10.0. The summed E-state index contributed by atoms with van der Waals surface area (Å²) in [5.74, 6) is 0.221. The largest absolute Gasteiger partial charge is 0.507 e. The summed E-state index contributed by atoms with van der Waals surface area (Å²) in [6.07, 6.45) is 1.48. The molecule has 5 heteroatoms. The van der Waals surface area contributed by atoms with Crippen molar-refractivity contribution < 1.29 is 9.90 Å². The lowest BCUT2D eigenvalue weighted by Crippen LogP contribution is -2.19. The van der Waals surface area contributed by atoms with Crippen LogP contribution >= 0.6 is 11.8 Å². The summed E-state index contributed by atoms with van der Waals surface area (Å²) >= 11 is 1.47. The van der Waals surface area contributed by atoms with Gasteiger partial charge < -0.3 is 5.11 Å². The summed E-state index contributed by atoms with van der Waals surface area (Å²) in [6.45, 7) is 2.02. The molecule has 0 radical (unpaired) electrons. The minimum atomic E-state index is -0.191. The van der Waals surface area contributed by atoms with E-state index in [1.807, 2.05) is 61.5 Å². The van der Waals surface area contributed by atoms with E-state index >= 15 is 0 Å². The first-order chi connectivity index (χ1) is 12.1. The van der Waals surface area contributed by atoms with Crippen LogP contribution in [0, 0.1) is 6.92 Å².